The molecule has 1 aliphatic heterocycles. The number of benzene rings is 2. The van der Waals surface area contributed by atoms with Gasteiger partial charge in [-0.25, -0.2) is 4.79 Å². The lowest BCUT2D eigenvalue weighted by atomic mass is 9.87. The molecule has 0 bridgehead atoms. The molecule has 38 heavy (non-hydrogen) atoms. The predicted octanol–water partition coefficient (Wildman–Crippen LogP) is 4.99. The van der Waals surface area contributed by atoms with E-state index in [0.29, 0.717) is 69.1 Å². The van der Waals surface area contributed by atoms with Crippen molar-refractivity contribution in [3.05, 3.63) is 64.2 Å². The summed E-state index contributed by atoms with van der Waals surface area (Å²) in [5.41, 5.74) is 2.62. The number of ether oxygens (including phenoxy) is 1. The van der Waals surface area contributed by atoms with Gasteiger partial charge in [0.05, 0.1) is 12.0 Å². The molecule has 2 aliphatic rings. The number of carbonyl (C=O) groups excluding carboxylic acids is 2. The fraction of sp³-hybridized carbons (Fsp3) is 0.483. The van der Waals surface area contributed by atoms with Gasteiger partial charge in [0.25, 0.3) is 5.91 Å². The third-order valence-electron chi connectivity index (χ3n) is 7.58. The Morgan fingerprint density at radius 1 is 0.947 bits per heavy atom. The van der Waals surface area contributed by atoms with Crippen molar-refractivity contribution in [2.24, 2.45) is 5.92 Å². The number of urea groups is 1. The molecule has 3 amide bonds. The molecule has 3 N–H and O–H groups in total. The Balaban J connectivity index is 1.15. The van der Waals surface area contributed by atoms with E-state index in [0.717, 1.165) is 23.4 Å². The number of carboxylic acid groups (broad SMARTS) is 1. The SMILES string of the molecule is Cc1cc(OC2CCC(C(=O)O)CC2)ccc1C(=O)NCCNC(=O)N1CCC(c2ccc(Cl)cc2)CC1. The number of piperidine rings is 1. The maximum Gasteiger partial charge on any atom is 0.317 e. The number of hydrogen-bond donors (Lipinski definition) is 3. The number of amides is 3. The van der Waals surface area contributed by atoms with E-state index in [1.165, 1.54) is 5.56 Å². The van der Waals surface area contributed by atoms with Gasteiger partial charge in [0.15, 0.2) is 0 Å². The number of likely N-dealkylation sites (tertiary alicyclic amines) is 1. The standard InChI is InChI=1S/C29H36ClN3O5/c1-19-18-25(38-24-8-4-22(5-9-24)28(35)36)10-11-26(19)27(34)31-14-15-32-29(37)33-16-12-21(13-17-33)20-2-6-23(30)7-3-20/h2-3,6-7,10-11,18,21-22,24H,4-5,8-9,12-17H2,1H3,(H,31,34)(H,32,37)(H,35,36). The molecule has 2 fully saturated rings. The second kappa shape index (κ2) is 13.0. The molecule has 1 saturated carbocycles. The number of rotatable bonds is 8. The van der Waals surface area contributed by atoms with Gasteiger partial charge in [0, 0.05) is 36.8 Å². The Hall–Kier alpha value is -3.26. The van der Waals surface area contributed by atoms with Crippen LogP contribution in [0, 0.1) is 12.8 Å². The van der Waals surface area contributed by atoms with E-state index < -0.39 is 5.97 Å². The van der Waals surface area contributed by atoms with Crippen molar-refractivity contribution in [2.45, 2.75) is 57.5 Å². The van der Waals surface area contributed by atoms with Gasteiger partial charge in [0.2, 0.25) is 0 Å². The average molecular weight is 542 g/mol. The summed E-state index contributed by atoms with van der Waals surface area (Å²) in [5.74, 6) is -0.0922. The molecule has 0 radical (unpaired) electrons. The fourth-order valence-electron chi connectivity index (χ4n) is 5.29. The molecule has 4 rings (SSSR count). The molecule has 1 heterocycles. The third kappa shape index (κ3) is 7.40. The lowest BCUT2D eigenvalue weighted by molar-refractivity contribution is -0.143. The zero-order valence-corrected chi connectivity index (χ0v) is 22.5. The van der Waals surface area contributed by atoms with Gasteiger partial charge in [-0.3, -0.25) is 9.59 Å². The maximum atomic E-state index is 12.7. The molecule has 0 unspecified atom stereocenters. The first-order valence-electron chi connectivity index (χ1n) is 13.4. The molecule has 0 spiro atoms. The van der Waals surface area contributed by atoms with Gasteiger partial charge >= 0.3 is 12.0 Å². The van der Waals surface area contributed by atoms with Crippen LogP contribution in [0.2, 0.25) is 5.02 Å². The highest BCUT2D eigenvalue weighted by atomic mass is 35.5. The molecule has 8 nitrogen and oxygen atoms in total. The van der Waals surface area contributed by atoms with Crippen molar-refractivity contribution in [1.82, 2.24) is 15.5 Å². The van der Waals surface area contributed by atoms with Crippen molar-refractivity contribution in [3.63, 3.8) is 0 Å². The zero-order chi connectivity index (χ0) is 27.1. The normalized spacial score (nSPS) is 20.0. The molecular weight excluding hydrogens is 506 g/mol. The maximum absolute atomic E-state index is 12.7. The minimum atomic E-state index is -0.732. The van der Waals surface area contributed by atoms with Crippen LogP contribution in [-0.2, 0) is 4.79 Å². The van der Waals surface area contributed by atoms with Gasteiger partial charge in [-0.15, -0.1) is 0 Å². The van der Waals surface area contributed by atoms with Crippen molar-refractivity contribution >= 4 is 29.5 Å². The van der Waals surface area contributed by atoms with Crippen LogP contribution in [-0.4, -0.2) is 60.2 Å². The summed E-state index contributed by atoms with van der Waals surface area (Å²) in [5, 5.41) is 15.6. The van der Waals surface area contributed by atoms with Crippen LogP contribution in [0.5, 0.6) is 5.75 Å². The fourth-order valence-corrected chi connectivity index (χ4v) is 5.41. The highest BCUT2D eigenvalue weighted by Crippen LogP contribution is 2.30. The van der Waals surface area contributed by atoms with E-state index in [2.05, 4.69) is 22.8 Å². The lowest BCUT2D eigenvalue weighted by Crippen LogP contribution is -2.46. The third-order valence-corrected chi connectivity index (χ3v) is 7.83. The van der Waals surface area contributed by atoms with Crippen LogP contribution >= 0.6 is 11.6 Å². The van der Waals surface area contributed by atoms with Gasteiger partial charge in [-0.1, -0.05) is 23.7 Å². The Morgan fingerprint density at radius 3 is 2.24 bits per heavy atom. The van der Waals surface area contributed by atoms with Crippen LogP contribution < -0.4 is 15.4 Å². The Kier molecular flexibility index (Phi) is 9.50. The largest absolute Gasteiger partial charge is 0.490 e. The molecule has 9 heteroatoms. The Morgan fingerprint density at radius 2 is 1.61 bits per heavy atom. The summed E-state index contributed by atoms with van der Waals surface area (Å²) in [4.78, 5) is 38.2. The molecule has 204 valence electrons. The van der Waals surface area contributed by atoms with E-state index in [4.69, 9.17) is 21.4 Å². The van der Waals surface area contributed by atoms with Gasteiger partial charge in [0.1, 0.15) is 5.75 Å². The second-order valence-corrected chi connectivity index (χ2v) is 10.6. The molecule has 0 aromatic heterocycles. The smallest absolute Gasteiger partial charge is 0.317 e. The summed E-state index contributed by atoms with van der Waals surface area (Å²) in [6, 6.07) is 13.2. The average Bonchev–Trinajstić information content (AvgIpc) is 2.92. The van der Waals surface area contributed by atoms with E-state index >= 15 is 0 Å². The minimum absolute atomic E-state index is 0.00323. The van der Waals surface area contributed by atoms with Gasteiger partial charge < -0.3 is 25.4 Å². The van der Waals surface area contributed by atoms with Crippen LogP contribution in [0.15, 0.2) is 42.5 Å². The van der Waals surface area contributed by atoms with Gasteiger partial charge in [-0.05, 0) is 92.8 Å². The first-order chi connectivity index (χ1) is 18.3. The van der Waals surface area contributed by atoms with Crippen molar-refractivity contribution in [1.29, 1.82) is 0 Å². The number of carboxylic acids is 1. The molecule has 0 atom stereocenters. The van der Waals surface area contributed by atoms with Crippen LogP contribution in [0.3, 0.4) is 0 Å². The molecular formula is C29H36ClN3O5. The Bertz CT molecular complexity index is 1120. The highest BCUT2D eigenvalue weighted by molar-refractivity contribution is 6.30. The first kappa shape index (κ1) is 27.8. The van der Waals surface area contributed by atoms with E-state index in [-0.39, 0.29) is 24.0 Å². The van der Waals surface area contributed by atoms with E-state index in [1.807, 2.05) is 30.0 Å². The monoisotopic (exact) mass is 541 g/mol. The number of carbonyl (C=O) groups is 3. The second-order valence-electron chi connectivity index (χ2n) is 10.2. The number of nitrogens with zero attached hydrogens (tertiary/aromatic N) is 1. The highest BCUT2D eigenvalue weighted by Gasteiger charge is 2.27. The summed E-state index contributed by atoms with van der Waals surface area (Å²) in [7, 11) is 0. The molecule has 1 aliphatic carbocycles. The molecule has 2 aromatic carbocycles. The molecule has 1 saturated heterocycles. The van der Waals surface area contributed by atoms with Crippen molar-refractivity contribution in [3.8, 4) is 5.75 Å². The first-order valence-corrected chi connectivity index (χ1v) is 13.7. The topological polar surface area (TPSA) is 108 Å². The minimum Gasteiger partial charge on any atom is -0.490 e. The molecule has 2 aromatic rings. The Labute approximate surface area is 228 Å². The zero-order valence-electron chi connectivity index (χ0n) is 21.7. The van der Waals surface area contributed by atoms with E-state index in [1.54, 1.807) is 12.1 Å². The van der Waals surface area contributed by atoms with Gasteiger partial charge in [-0.2, -0.15) is 0 Å². The number of nitrogens with one attached hydrogen (secondary N) is 2. The number of aryl methyl sites for hydroxylation is 1. The van der Waals surface area contributed by atoms with E-state index in [9.17, 15) is 14.4 Å². The predicted molar refractivity (Wildman–Crippen MR) is 146 cm³/mol. The van der Waals surface area contributed by atoms with Crippen LogP contribution in [0.1, 0.15) is 65.9 Å². The summed E-state index contributed by atoms with van der Waals surface area (Å²) in [6.45, 7) is 3.93. The van der Waals surface area contributed by atoms with Crippen molar-refractivity contribution < 1.29 is 24.2 Å². The summed E-state index contributed by atoms with van der Waals surface area (Å²) >= 11 is 5.98. The van der Waals surface area contributed by atoms with Crippen LogP contribution in [0.25, 0.3) is 0 Å². The number of aliphatic carboxylic acids is 1. The quantitative estimate of drug-likeness (QED) is 0.408. The summed E-state index contributed by atoms with van der Waals surface area (Å²) < 4.78 is 6.04. The van der Waals surface area contributed by atoms with Crippen LogP contribution in [0.4, 0.5) is 4.79 Å². The number of halogens is 1. The summed E-state index contributed by atoms with van der Waals surface area (Å²) in [6.07, 6.45) is 4.49. The number of hydrogen-bond acceptors (Lipinski definition) is 4. The lowest BCUT2D eigenvalue weighted by Gasteiger charge is -2.32. The van der Waals surface area contributed by atoms with Crippen molar-refractivity contribution in [2.75, 3.05) is 26.2 Å².